The standard InChI is InChI=1S/C23H22N2O2/c1-25-17-15-21-9-13-23(14-10-21)27-19-4-2-3-18-26-22-11-7-20(8-12-22)6-5-16-24/h5-15,17H,2-4,18-19H2. The fraction of sp³-hybridized carbons (Fsp3) is 0.217. The van der Waals surface area contributed by atoms with Crippen LogP contribution in [0.2, 0.25) is 0 Å². The van der Waals surface area contributed by atoms with Crippen LogP contribution in [0.5, 0.6) is 11.5 Å². The summed E-state index contributed by atoms with van der Waals surface area (Å²) in [6.07, 6.45) is 9.42. The zero-order valence-electron chi connectivity index (χ0n) is 15.2. The van der Waals surface area contributed by atoms with Crippen molar-refractivity contribution in [1.29, 1.82) is 5.26 Å². The Morgan fingerprint density at radius 2 is 1.33 bits per heavy atom. The van der Waals surface area contributed by atoms with Crippen LogP contribution in [-0.4, -0.2) is 13.2 Å². The number of nitriles is 1. The molecule has 2 aromatic carbocycles. The minimum Gasteiger partial charge on any atom is -0.494 e. The van der Waals surface area contributed by atoms with Gasteiger partial charge in [-0.3, -0.25) is 0 Å². The number of allylic oxidation sites excluding steroid dienone is 1. The molecular formula is C23H22N2O2. The lowest BCUT2D eigenvalue weighted by Crippen LogP contribution is -2.01. The van der Waals surface area contributed by atoms with Gasteiger partial charge < -0.3 is 9.47 Å². The van der Waals surface area contributed by atoms with Crippen molar-refractivity contribution in [3.63, 3.8) is 0 Å². The Hall–Kier alpha value is -3.50. The van der Waals surface area contributed by atoms with E-state index in [1.807, 2.05) is 54.6 Å². The van der Waals surface area contributed by atoms with Crippen LogP contribution in [0.4, 0.5) is 0 Å². The van der Waals surface area contributed by atoms with Gasteiger partial charge in [-0.15, -0.1) is 0 Å². The monoisotopic (exact) mass is 358 g/mol. The van der Waals surface area contributed by atoms with E-state index in [2.05, 4.69) is 4.85 Å². The fourth-order valence-corrected chi connectivity index (χ4v) is 2.37. The Morgan fingerprint density at radius 1 is 0.815 bits per heavy atom. The molecule has 136 valence electrons. The Kier molecular flexibility index (Phi) is 8.77. The van der Waals surface area contributed by atoms with E-state index in [9.17, 15) is 0 Å². The molecule has 0 aliphatic rings. The maximum atomic E-state index is 8.51. The Labute approximate surface area is 160 Å². The minimum absolute atomic E-state index is 0.676. The number of hydrogen-bond acceptors (Lipinski definition) is 3. The van der Waals surface area contributed by atoms with Gasteiger partial charge in [-0.2, -0.15) is 5.26 Å². The van der Waals surface area contributed by atoms with Crippen LogP contribution in [0.3, 0.4) is 0 Å². The molecule has 0 unspecified atom stereocenters. The van der Waals surface area contributed by atoms with Crippen molar-refractivity contribution < 1.29 is 9.47 Å². The highest BCUT2D eigenvalue weighted by Gasteiger charge is 1.97. The Bertz CT molecular complexity index is 751. The first kappa shape index (κ1) is 19.8. The summed E-state index contributed by atoms with van der Waals surface area (Å²) in [5, 5.41) is 8.51. The van der Waals surface area contributed by atoms with Crippen molar-refractivity contribution >= 4 is 12.2 Å². The lowest BCUT2D eigenvalue weighted by Gasteiger charge is -2.08. The van der Waals surface area contributed by atoms with Gasteiger partial charge in [0, 0.05) is 6.08 Å². The summed E-state index contributed by atoms with van der Waals surface area (Å²) >= 11 is 0. The summed E-state index contributed by atoms with van der Waals surface area (Å²) in [6.45, 7) is 8.08. The van der Waals surface area contributed by atoms with Gasteiger partial charge in [-0.1, -0.05) is 30.3 Å². The first-order valence-electron chi connectivity index (χ1n) is 8.87. The summed E-state index contributed by atoms with van der Waals surface area (Å²) in [6, 6.07) is 17.4. The number of rotatable bonds is 10. The zero-order chi connectivity index (χ0) is 19.2. The molecule has 0 amide bonds. The van der Waals surface area contributed by atoms with Crippen molar-refractivity contribution in [3.8, 4) is 17.6 Å². The number of hydrogen-bond donors (Lipinski definition) is 0. The van der Waals surface area contributed by atoms with Gasteiger partial charge in [0.05, 0.1) is 25.9 Å². The predicted molar refractivity (Wildman–Crippen MR) is 108 cm³/mol. The zero-order valence-corrected chi connectivity index (χ0v) is 15.2. The van der Waals surface area contributed by atoms with Crippen LogP contribution in [0.1, 0.15) is 30.4 Å². The van der Waals surface area contributed by atoms with E-state index in [0.29, 0.717) is 13.2 Å². The van der Waals surface area contributed by atoms with Gasteiger partial charge in [0.2, 0.25) is 0 Å². The molecule has 0 atom stereocenters. The maximum Gasteiger partial charge on any atom is 0.154 e. The van der Waals surface area contributed by atoms with Crippen molar-refractivity contribution in [1.82, 2.24) is 0 Å². The third-order valence-corrected chi connectivity index (χ3v) is 3.78. The van der Waals surface area contributed by atoms with E-state index in [-0.39, 0.29) is 0 Å². The van der Waals surface area contributed by atoms with Crippen LogP contribution < -0.4 is 9.47 Å². The normalized spacial score (nSPS) is 10.6. The highest BCUT2D eigenvalue weighted by atomic mass is 16.5. The third kappa shape index (κ3) is 7.94. The Balaban J connectivity index is 1.57. The largest absolute Gasteiger partial charge is 0.494 e. The van der Waals surface area contributed by atoms with Crippen LogP contribution in [0.25, 0.3) is 17.0 Å². The molecule has 0 saturated heterocycles. The highest BCUT2D eigenvalue weighted by Crippen LogP contribution is 2.15. The summed E-state index contributed by atoms with van der Waals surface area (Å²) in [5.74, 6) is 1.68. The number of benzene rings is 2. The second-order valence-corrected chi connectivity index (χ2v) is 5.80. The lowest BCUT2D eigenvalue weighted by atomic mass is 10.2. The maximum absolute atomic E-state index is 8.51. The van der Waals surface area contributed by atoms with Crippen molar-refractivity contribution in [2.75, 3.05) is 13.2 Å². The molecule has 0 radical (unpaired) electrons. The second-order valence-electron chi connectivity index (χ2n) is 5.80. The van der Waals surface area contributed by atoms with E-state index >= 15 is 0 Å². The van der Waals surface area contributed by atoms with Crippen LogP contribution in [0.15, 0.2) is 60.8 Å². The highest BCUT2D eigenvalue weighted by molar-refractivity contribution is 5.53. The van der Waals surface area contributed by atoms with Crippen molar-refractivity contribution in [2.24, 2.45) is 0 Å². The van der Waals surface area contributed by atoms with Gasteiger partial charge in [-0.25, -0.2) is 4.85 Å². The molecule has 0 aromatic heterocycles. The number of ether oxygens (including phenoxy) is 2. The molecular weight excluding hydrogens is 336 g/mol. The third-order valence-electron chi connectivity index (χ3n) is 3.78. The SMILES string of the molecule is [C-]#[N+]C=Cc1ccc(OCCCCCOc2ccc(C=CC#N)cc2)cc1. The van der Waals surface area contributed by atoms with Gasteiger partial charge >= 0.3 is 0 Å². The first-order valence-corrected chi connectivity index (χ1v) is 8.87. The van der Waals surface area contributed by atoms with Gasteiger partial charge in [0.1, 0.15) is 11.5 Å². The van der Waals surface area contributed by atoms with Gasteiger partial charge in [-0.05, 0) is 60.7 Å². The second kappa shape index (κ2) is 12.0. The average Bonchev–Trinajstić information content (AvgIpc) is 2.71. The topological polar surface area (TPSA) is 46.6 Å². The van der Waals surface area contributed by atoms with Crippen LogP contribution in [-0.2, 0) is 0 Å². The number of unbranched alkanes of at least 4 members (excludes halogenated alkanes) is 2. The molecule has 4 heteroatoms. The van der Waals surface area contributed by atoms with Gasteiger partial charge in [0.25, 0.3) is 0 Å². The minimum atomic E-state index is 0.676. The van der Waals surface area contributed by atoms with E-state index in [1.54, 1.807) is 12.2 Å². The molecule has 0 aliphatic heterocycles. The smallest absolute Gasteiger partial charge is 0.154 e. The molecule has 0 heterocycles. The lowest BCUT2D eigenvalue weighted by molar-refractivity contribution is 0.279. The van der Waals surface area contributed by atoms with E-state index < -0.39 is 0 Å². The number of nitrogens with zero attached hydrogens (tertiary/aromatic N) is 2. The van der Waals surface area contributed by atoms with Gasteiger partial charge in [0.15, 0.2) is 6.20 Å². The van der Waals surface area contributed by atoms with Crippen molar-refractivity contribution in [3.05, 3.63) is 83.4 Å². The molecule has 4 nitrogen and oxygen atoms in total. The van der Waals surface area contributed by atoms with Crippen molar-refractivity contribution in [2.45, 2.75) is 19.3 Å². The molecule has 2 rings (SSSR count). The van der Waals surface area contributed by atoms with Crippen LogP contribution in [0, 0.1) is 17.9 Å². The molecule has 0 saturated carbocycles. The summed E-state index contributed by atoms with van der Waals surface area (Å²) in [5.41, 5.74) is 1.97. The molecule has 0 bridgehead atoms. The molecule has 0 aliphatic carbocycles. The Morgan fingerprint density at radius 3 is 1.81 bits per heavy atom. The summed E-state index contributed by atoms with van der Waals surface area (Å²) in [4.78, 5) is 3.19. The molecule has 0 spiro atoms. The predicted octanol–water partition coefficient (Wildman–Crippen LogP) is 5.74. The molecule has 2 aromatic rings. The quantitative estimate of drug-likeness (QED) is 0.309. The average molecular weight is 358 g/mol. The summed E-state index contributed by atoms with van der Waals surface area (Å²) < 4.78 is 11.4. The first-order chi connectivity index (χ1) is 13.3. The van der Waals surface area contributed by atoms with E-state index in [1.165, 1.54) is 12.3 Å². The van der Waals surface area contributed by atoms with E-state index in [0.717, 1.165) is 41.9 Å². The van der Waals surface area contributed by atoms with Crippen LogP contribution >= 0.6 is 0 Å². The molecule has 0 N–H and O–H groups in total. The van der Waals surface area contributed by atoms with E-state index in [4.69, 9.17) is 21.3 Å². The molecule has 0 fully saturated rings. The molecule has 27 heavy (non-hydrogen) atoms. The fourth-order valence-electron chi connectivity index (χ4n) is 2.37. The summed E-state index contributed by atoms with van der Waals surface area (Å²) in [7, 11) is 0.